The number of phenolic OH excluding ortho intramolecular Hbond substituents is 2. The summed E-state index contributed by atoms with van der Waals surface area (Å²) in [5, 5.41) is 28.7. The largest absolute Gasteiger partial charge is 0.508 e. The number of fused-ring (bicyclic) bond motifs is 7. The van der Waals surface area contributed by atoms with Crippen molar-refractivity contribution in [3.05, 3.63) is 87.1 Å². The SMILES string of the molecule is CCc1cc2c(nc1N)C#CCc1cc(O)c(OC(CNC)CNC)cc1[C@@H]1Oc3c(ccc4c3[C@]3(CC[C@H](C2)C3)Cc2cc(O)cc(OC)c2-4)[C@@H]1COC(C)=O. The Kier molecular flexibility index (Phi) is 10.4. The number of nitrogens with two attached hydrogens (primary N) is 1. The molecule has 2 aliphatic heterocycles. The Hall–Kier alpha value is -5.44. The van der Waals surface area contributed by atoms with Crippen LogP contribution in [-0.4, -0.2) is 68.2 Å². The number of aryl methyl sites for hydroxylation is 1. The van der Waals surface area contributed by atoms with Crippen LogP contribution in [0.4, 0.5) is 5.82 Å². The number of likely N-dealkylation sites (N-methyl/N-ethyl adjacent to an activating group) is 2. The number of aromatic hydroxyl groups is 2. The summed E-state index contributed by atoms with van der Waals surface area (Å²) in [5.41, 5.74) is 15.6. The molecule has 1 spiro atoms. The van der Waals surface area contributed by atoms with E-state index >= 15 is 0 Å². The van der Waals surface area contributed by atoms with Crippen molar-refractivity contribution in [3.63, 3.8) is 0 Å². The van der Waals surface area contributed by atoms with Crippen molar-refractivity contribution >= 4 is 11.8 Å². The van der Waals surface area contributed by atoms with Gasteiger partial charge in [0.15, 0.2) is 11.5 Å². The van der Waals surface area contributed by atoms with Crippen LogP contribution in [0.5, 0.6) is 28.7 Å². The van der Waals surface area contributed by atoms with Gasteiger partial charge in [-0.3, -0.25) is 4.79 Å². The number of hydrogen-bond acceptors (Lipinski definition) is 11. The van der Waals surface area contributed by atoms with Crippen LogP contribution in [0.1, 0.15) is 89.8 Å². The van der Waals surface area contributed by atoms with E-state index in [-0.39, 0.29) is 47.9 Å². The second kappa shape index (κ2) is 15.5. The maximum absolute atomic E-state index is 12.4. The van der Waals surface area contributed by atoms with Crippen LogP contribution < -0.4 is 30.6 Å². The molecule has 6 N–H and O–H groups in total. The minimum atomic E-state index is -0.603. The van der Waals surface area contributed by atoms with E-state index in [1.165, 1.54) is 6.92 Å². The molecule has 8 rings (SSSR count). The normalized spacial score (nSPS) is 21.2. The monoisotopic (exact) mass is 772 g/mol. The standard InChI is InChI=1S/C46H52N4O7/c1-6-27-15-29-14-26-12-13-46(20-26)21-30-16-31(52)18-40(54-5)41(30)34-11-10-33-36(24-55-25(2)51)43(57-44(33)42(34)46)35-19-39(56-32(22-48-3)23-49-4)38(53)17-28(35)8-7-9-37(29)50-45(27)47/h10-11,15-19,26,32,36,43,48-49,52-53H,6,8,12-14,20-24H2,1-5H3,(H2,47,50)/t26-,36+,43+,46+/m1/s1. The first-order valence-corrected chi connectivity index (χ1v) is 20.0. The molecule has 1 fully saturated rings. The molecule has 298 valence electrons. The van der Waals surface area contributed by atoms with Crippen LogP contribution in [-0.2, 0) is 40.6 Å². The number of nitrogens with one attached hydrogen (secondary N) is 2. The zero-order valence-corrected chi connectivity index (χ0v) is 33.4. The van der Waals surface area contributed by atoms with Crippen molar-refractivity contribution in [1.29, 1.82) is 0 Å². The Balaban J connectivity index is 1.38. The summed E-state index contributed by atoms with van der Waals surface area (Å²) in [6, 6.07) is 13.6. The first-order valence-electron chi connectivity index (χ1n) is 20.0. The third-order valence-corrected chi connectivity index (χ3v) is 12.4. The molecule has 57 heavy (non-hydrogen) atoms. The average molecular weight is 773 g/mol. The predicted molar refractivity (Wildman–Crippen MR) is 218 cm³/mol. The third kappa shape index (κ3) is 6.99. The molecule has 0 radical (unpaired) electrons. The van der Waals surface area contributed by atoms with Gasteiger partial charge in [-0.15, -0.1) is 0 Å². The number of anilines is 1. The first kappa shape index (κ1) is 38.4. The molecule has 11 heteroatoms. The van der Waals surface area contributed by atoms with Crippen LogP contribution in [0.3, 0.4) is 0 Å². The molecule has 0 amide bonds. The number of aromatic nitrogens is 1. The second-order valence-electron chi connectivity index (χ2n) is 16.1. The number of benzene rings is 3. The fraction of sp³-hybridized carbons (Fsp3) is 0.435. The third-order valence-electron chi connectivity index (χ3n) is 12.4. The van der Waals surface area contributed by atoms with Gasteiger partial charge in [0.25, 0.3) is 0 Å². The Morgan fingerprint density at radius 2 is 1.88 bits per heavy atom. The molecule has 4 aliphatic rings. The van der Waals surface area contributed by atoms with E-state index in [9.17, 15) is 15.0 Å². The number of nitrogen functional groups attached to an aromatic ring is 1. The number of methoxy groups -OCH3 is 1. The fourth-order valence-corrected chi connectivity index (χ4v) is 9.93. The van der Waals surface area contributed by atoms with E-state index in [1.807, 2.05) is 26.2 Å². The highest BCUT2D eigenvalue weighted by molar-refractivity contribution is 5.84. The van der Waals surface area contributed by atoms with Gasteiger partial charge in [0.1, 0.15) is 47.6 Å². The van der Waals surface area contributed by atoms with E-state index in [1.54, 1.807) is 19.2 Å². The molecular formula is C46H52N4O7. The van der Waals surface area contributed by atoms with E-state index in [2.05, 4.69) is 47.6 Å². The van der Waals surface area contributed by atoms with Gasteiger partial charge in [0, 0.05) is 60.2 Å². The molecule has 1 aromatic heterocycles. The lowest BCUT2D eigenvalue weighted by molar-refractivity contribution is -0.141. The highest BCUT2D eigenvalue weighted by Gasteiger charge is 2.51. The maximum atomic E-state index is 12.4. The van der Waals surface area contributed by atoms with E-state index in [0.29, 0.717) is 48.4 Å². The van der Waals surface area contributed by atoms with Gasteiger partial charge in [0.05, 0.1) is 13.0 Å². The Bertz CT molecular complexity index is 2290. The number of carbonyl (C=O) groups is 1. The lowest BCUT2D eigenvalue weighted by Gasteiger charge is -2.39. The molecule has 4 atom stereocenters. The van der Waals surface area contributed by atoms with Crippen LogP contribution in [0.2, 0.25) is 0 Å². The lowest BCUT2D eigenvalue weighted by Crippen LogP contribution is -2.37. The fourth-order valence-electron chi connectivity index (χ4n) is 9.93. The van der Waals surface area contributed by atoms with Gasteiger partial charge in [-0.05, 0) is 117 Å². The Morgan fingerprint density at radius 3 is 2.61 bits per heavy atom. The van der Waals surface area contributed by atoms with Crippen molar-refractivity contribution in [2.45, 2.75) is 82.3 Å². The Morgan fingerprint density at radius 1 is 1.07 bits per heavy atom. The van der Waals surface area contributed by atoms with Gasteiger partial charge in [-0.1, -0.05) is 25.0 Å². The van der Waals surface area contributed by atoms with Crippen LogP contribution >= 0.6 is 0 Å². The number of hydrogen-bond donors (Lipinski definition) is 5. The van der Waals surface area contributed by atoms with Gasteiger partial charge in [-0.2, -0.15) is 0 Å². The molecule has 2 aliphatic carbocycles. The van der Waals surface area contributed by atoms with Gasteiger partial charge in [0.2, 0.25) is 0 Å². The summed E-state index contributed by atoms with van der Waals surface area (Å²) in [5.74, 6) is 8.71. The quantitative estimate of drug-likeness (QED) is 0.0949. The number of esters is 1. The molecule has 3 heterocycles. The number of carbonyl (C=O) groups excluding carboxylic acids is 1. The second-order valence-corrected chi connectivity index (χ2v) is 16.1. The summed E-state index contributed by atoms with van der Waals surface area (Å²) in [6.07, 6.45) is 4.44. The van der Waals surface area contributed by atoms with E-state index in [4.69, 9.17) is 29.7 Å². The minimum absolute atomic E-state index is 0.00586. The van der Waals surface area contributed by atoms with Gasteiger partial charge < -0.3 is 45.5 Å². The Labute approximate surface area is 334 Å². The van der Waals surface area contributed by atoms with Gasteiger partial charge >= 0.3 is 5.97 Å². The highest BCUT2D eigenvalue weighted by Crippen LogP contribution is 2.62. The number of phenols is 2. The molecule has 0 saturated heterocycles. The number of nitrogens with zero attached hydrogens (tertiary/aromatic N) is 1. The zero-order valence-electron chi connectivity index (χ0n) is 33.4. The molecule has 4 aromatic rings. The van der Waals surface area contributed by atoms with Crippen molar-refractivity contribution in [1.82, 2.24) is 15.6 Å². The summed E-state index contributed by atoms with van der Waals surface area (Å²) >= 11 is 0. The summed E-state index contributed by atoms with van der Waals surface area (Å²) in [7, 11) is 5.36. The summed E-state index contributed by atoms with van der Waals surface area (Å²) in [4.78, 5) is 17.3. The number of pyridine rings is 1. The highest BCUT2D eigenvalue weighted by atomic mass is 16.5. The number of rotatable bonds is 10. The van der Waals surface area contributed by atoms with Crippen molar-refractivity contribution in [2.24, 2.45) is 5.92 Å². The molecule has 3 aromatic carbocycles. The molecule has 0 unspecified atom stereocenters. The first-order chi connectivity index (χ1) is 27.6. The van der Waals surface area contributed by atoms with Crippen molar-refractivity contribution in [2.75, 3.05) is 46.6 Å². The average Bonchev–Trinajstić information content (AvgIpc) is 3.75. The van der Waals surface area contributed by atoms with Crippen LogP contribution in [0.15, 0.2) is 42.5 Å². The van der Waals surface area contributed by atoms with Crippen LogP contribution in [0.25, 0.3) is 11.1 Å². The smallest absolute Gasteiger partial charge is 0.302 e. The topological polar surface area (TPSA) is 157 Å². The van der Waals surface area contributed by atoms with Crippen LogP contribution in [0, 0.1) is 17.8 Å². The van der Waals surface area contributed by atoms with Crippen molar-refractivity contribution < 1.29 is 34.0 Å². The van der Waals surface area contributed by atoms with Gasteiger partial charge in [-0.25, -0.2) is 4.98 Å². The number of ether oxygens (including phenoxy) is 4. The zero-order chi connectivity index (χ0) is 40.0. The molecule has 4 bridgehead atoms. The van der Waals surface area contributed by atoms with E-state index < -0.39 is 6.10 Å². The molecular weight excluding hydrogens is 721 g/mol. The predicted octanol–water partition coefficient (Wildman–Crippen LogP) is 6.02. The lowest BCUT2D eigenvalue weighted by atomic mass is 9.65. The molecule has 1 saturated carbocycles. The van der Waals surface area contributed by atoms with Crippen molar-refractivity contribution in [3.8, 4) is 51.7 Å². The minimum Gasteiger partial charge on any atom is -0.508 e. The maximum Gasteiger partial charge on any atom is 0.302 e. The summed E-state index contributed by atoms with van der Waals surface area (Å²) in [6.45, 7) is 4.71. The molecule has 11 nitrogen and oxygen atoms in total. The summed E-state index contributed by atoms with van der Waals surface area (Å²) < 4.78 is 25.5. The van der Waals surface area contributed by atoms with E-state index in [0.717, 1.165) is 87.9 Å².